The molecule has 3 heterocycles. The standard InChI is InChI=1S/C21H18F3N5O2/c22-21(23,24)14-5-6-19(25-11-14)31-18-10-13-9-17(18)28(12-13)20(30)15-3-1-2-4-16(15)29-26-7-8-27-29/h1-8,11,13,17-18H,9-10,12H2/t13?,17-,18+/m0/s1. The van der Waals surface area contributed by atoms with Crippen LogP contribution in [-0.2, 0) is 6.18 Å². The molecule has 1 amide bonds. The fourth-order valence-corrected chi connectivity index (χ4v) is 4.42. The third kappa shape index (κ3) is 3.62. The number of amides is 1. The normalized spacial score (nSPS) is 22.7. The largest absolute Gasteiger partial charge is 0.472 e. The summed E-state index contributed by atoms with van der Waals surface area (Å²) in [4.78, 5) is 20.4. The highest BCUT2D eigenvalue weighted by Crippen LogP contribution is 2.41. The van der Waals surface area contributed by atoms with Gasteiger partial charge in [0.2, 0.25) is 5.88 Å². The number of ether oxygens (including phenoxy) is 1. The van der Waals surface area contributed by atoms with Gasteiger partial charge < -0.3 is 9.64 Å². The maximum Gasteiger partial charge on any atom is 0.417 e. The van der Waals surface area contributed by atoms with Gasteiger partial charge in [0.25, 0.3) is 5.91 Å². The number of alkyl halides is 3. The number of para-hydroxylation sites is 1. The first-order chi connectivity index (χ1) is 14.9. The van der Waals surface area contributed by atoms with Crippen LogP contribution >= 0.6 is 0 Å². The second-order valence-corrected chi connectivity index (χ2v) is 7.74. The van der Waals surface area contributed by atoms with Crippen molar-refractivity contribution in [2.45, 2.75) is 31.2 Å². The quantitative estimate of drug-likeness (QED) is 0.636. The number of likely N-dealkylation sites (tertiary alicyclic amines) is 1. The average molecular weight is 429 g/mol. The van der Waals surface area contributed by atoms with Gasteiger partial charge in [0.05, 0.1) is 35.2 Å². The van der Waals surface area contributed by atoms with Gasteiger partial charge in [-0.2, -0.15) is 28.2 Å². The van der Waals surface area contributed by atoms with Crippen molar-refractivity contribution in [3.05, 3.63) is 66.1 Å². The molecule has 31 heavy (non-hydrogen) atoms. The van der Waals surface area contributed by atoms with Gasteiger partial charge in [-0.3, -0.25) is 4.79 Å². The summed E-state index contributed by atoms with van der Waals surface area (Å²) in [5, 5.41) is 8.24. The van der Waals surface area contributed by atoms with Crippen LogP contribution < -0.4 is 4.74 Å². The number of carbonyl (C=O) groups excluding carboxylic acids is 1. The number of pyridine rings is 1. The van der Waals surface area contributed by atoms with E-state index in [1.165, 1.54) is 10.9 Å². The van der Waals surface area contributed by atoms with Crippen molar-refractivity contribution in [1.29, 1.82) is 0 Å². The number of carbonyl (C=O) groups is 1. The molecule has 1 saturated heterocycles. The van der Waals surface area contributed by atoms with Crippen molar-refractivity contribution in [1.82, 2.24) is 24.9 Å². The van der Waals surface area contributed by atoms with Gasteiger partial charge >= 0.3 is 6.18 Å². The molecule has 7 nitrogen and oxygen atoms in total. The van der Waals surface area contributed by atoms with Gasteiger partial charge in [0.15, 0.2) is 0 Å². The molecule has 0 spiro atoms. The number of benzene rings is 1. The molecule has 1 saturated carbocycles. The lowest BCUT2D eigenvalue weighted by Gasteiger charge is -2.33. The van der Waals surface area contributed by atoms with Gasteiger partial charge in [-0.15, -0.1) is 0 Å². The highest BCUT2D eigenvalue weighted by molar-refractivity contribution is 5.98. The third-order valence-electron chi connectivity index (χ3n) is 5.79. The van der Waals surface area contributed by atoms with E-state index >= 15 is 0 Å². The van der Waals surface area contributed by atoms with E-state index in [9.17, 15) is 18.0 Å². The number of nitrogens with zero attached hydrogens (tertiary/aromatic N) is 5. The molecule has 2 aromatic heterocycles. The molecule has 1 aliphatic carbocycles. The maximum atomic E-state index is 13.4. The molecule has 0 N–H and O–H groups in total. The van der Waals surface area contributed by atoms with Crippen molar-refractivity contribution >= 4 is 5.91 Å². The van der Waals surface area contributed by atoms with Crippen LogP contribution in [-0.4, -0.2) is 49.5 Å². The summed E-state index contributed by atoms with van der Waals surface area (Å²) in [6.45, 7) is 0.616. The molecule has 1 aromatic carbocycles. The molecule has 1 aliphatic heterocycles. The molecule has 3 atom stereocenters. The predicted octanol–water partition coefficient (Wildman–Crippen LogP) is 3.36. The molecule has 3 aromatic rings. The Labute approximate surface area is 175 Å². The molecule has 2 aliphatic rings. The lowest BCUT2D eigenvalue weighted by molar-refractivity contribution is -0.137. The number of rotatable bonds is 4. The fraction of sp³-hybridized carbons (Fsp3) is 0.333. The van der Waals surface area contributed by atoms with Crippen LogP contribution in [0.5, 0.6) is 5.88 Å². The minimum atomic E-state index is -4.45. The summed E-state index contributed by atoms with van der Waals surface area (Å²) in [5.74, 6) is 0.261. The van der Waals surface area contributed by atoms with Crippen LogP contribution in [0, 0.1) is 5.92 Å². The Morgan fingerprint density at radius 3 is 2.52 bits per heavy atom. The summed E-state index contributed by atoms with van der Waals surface area (Å²) in [5.41, 5.74) is 0.244. The van der Waals surface area contributed by atoms with Gasteiger partial charge in [-0.1, -0.05) is 12.1 Å². The Morgan fingerprint density at radius 2 is 1.84 bits per heavy atom. The van der Waals surface area contributed by atoms with Crippen LogP contribution in [0.25, 0.3) is 5.69 Å². The summed E-state index contributed by atoms with van der Waals surface area (Å²) >= 11 is 0. The molecule has 0 radical (unpaired) electrons. The van der Waals surface area contributed by atoms with Crippen molar-refractivity contribution < 1.29 is 22.7 Å². The van der Waals surface area contributed by atoms with Gasteiger partial charge in [-0.05, 0) is 37.0 Å². The molecule has 160 valence electrons. The zero-order valence-electron chi connectivity index (χ0n) is 16.2. The monoisotopic (exact) mass is 429 g/mol. The van der Waals surface area contributed by atoms with E-state index in [2.05, 4.69) is 15.2 Å². The first kappa shape index (κ1) is 19.5. The second kappa shape index (κ2) is 7.36. The van der Waals surface area contributed by atoms with Crippen molar-refractivity contribution in [3.8, 4) is 11.6 Å². The minimum absolute atomic E-state index is 0.124. The highest BCUT2D eigenvalue weighted by Gasteiger charge is 2.48. The predicted molar refractivity (Wildman–Crippen MR) is 103 cm³/mol. The Morgan fingerprint density at radius 1 is 1.06 bits per heavy atom. The minimum Gasteiger partial charge on any atom is -0.472 e. The lowest BCUT2D eigenvalue weighted by atomic mass is 10.1. The number of aromatic nitrogens is 4. The van der Waals surface area contributed by atoms with Crippen LogP contribution in [0.4, 0.5) is 13.2 Å². The Balaban J connectivity index is 1.35. The Hall–Kier alpha value is -3.43. The number of fused-ring (bicyclic) bond motifs is 2. The van der Waals surface area contributed by atoms with E-state index in [4.69, 9.17) is 4.74 Å². The van der Waals surface area contributed by atoms with Crippen molar-refractivity contribution in [2.75, 3.05) is 6.54 Å². The topological polar surface area (TPSA) is 73.1 Å². The second-order valence-electron chi connectivity index (χ2n) is 7.74. The van der Waals surface area contributed by atoms with Gasteiger partial charge in [0, 0.05) is 18.8 Å². The Bertz CT molecular complexity index is 1090. The zero-order valence-corrected chi connectivity index (χ0v) is 16.2. The summed E-state index contributed by atoms with van der Waals surface area (Å²) < 4.78 is 44.1. The molecule has 1 unspecified atom stereocenters. The Kier molecular flexibility index (Phi) is 4.64. The SMILES string of the molecule is O=C(c1ccccc1-n1nccn1)N1CC2C[C@@H](Oc3ccc(C(F)(F)F)cn3)[C@@H]1C2. The van der Waals surface area contributed by atoms with Crippen LogP contribution in [0.3, 0.4) is 0 Å². The van der Waals surface area contributed by atoms with E-state index in [-0.39, 0.29) is 29.9 Å². The highest BCUT2D eigenvalue weighted by atomic mass is 19.4. The molecular weight excluding hydrogens is 411 g/mol. The number of hydrogen-bond acceptors (Lipinski definition) is 5. The van der Waals surface area contributed by atoms with Gasteiger partial charge in [-0.25, -0.2) is 4.98 Å². The number of hydrogen-bond donors (Lipinski definition) is 0. The fourth-order valence-electron chi connectivity index (χ4n) is 4.42. The first-order valence-electron chi connectivity index (χ1n) is 9.87. The molecule has 10 heteroatoms. The molecular formula is C21H18F3N5O2. The van der Waals surface area contributed by atoms with E-state index in [1.807, 2.05) is 6.07 Å². The molecule has 5 rings (SSSR count). The van der Waals surface area contributed by atoms with Crippen LogP contribution in [0.2, 0.25) is 0 Å². The maximum absolute atomic E-state index is 13.4. The van der Waals surface area contributed by atoms with Crippen molar-refractivity contribution in [2.24, 2.45) is 5.92 Å². The van der Waals surface area contributed by atoms with Gasteiger partial charge in [0.1, 0.15) is 6.10 Å². The van der Waals surface area contributed by atoms with Crippen molar-refractivity contribution in [3.63, 3.8) is 0 Å². The lowest BCUT2D eigenvalue weighted by Crippen LogP contribution is -2.47. The van der Waals surface area contributed by atoms with E-state index in [0.29, 0.717) is 17.8 Å². The summed E-state index contributed by atoms with van der Waals surface area (Å²) in [7, 11) is 0. The van der Waals surface area contributed by atoms with Crippen LogP contribution in [0.15, 0.2) is 55.0 Å². The number of halogens is 3. The van der Waals surface area contributed by atoms with E-state index in [0.717, 1.165) is 25.1 Å². The summed E-state index contributed by atoms with van der Waals surface area (Å²) in [6, 6.07) is 9.12. The average Bonchev–Trinajstić information content (AvgIpc) is 3.50. The summed E-state index contributed by atoms with van der Waals surface area (Å²) in [6.07, 6.45) is 0.608. The molecule has 2 fully saturated rings. The smallest absolute Gasteiger partial charge is 0.417 e. The van der Waals surface area contributed by atoms with E-state index in [1.54, 1.807) is 35.5 Å². The van der Waals surface area contributed by atoms with Crippen LogP contribution in [0.1, 0.15) is 28.8 Å². The number of piperidine rings is 1. The van der Waals surface area contributed by atoms with E-state index < -0.39 is 11.7 Å². The molecule has 2 bridgehead atoms. The zero-order chi connectivity index (χ0) is 21.6. The first-order valence-corrected chi connectivity index (χ1v) is 9.87. The third-order valence-corrected chi connectivity index (χ3v) is 5.79.